The van der Waals surface area contributed by atoms with E-state index in [1.807, 2.05) is 30.3 Å². The molecule has 0 aromatic heterocycles. The summed E-state index contributed by atoms with van der Waals surface area (Å²) in [6.45, 7) is 6.24. The maximum atomic E-state index is 13.2. The summed E-state index contributed by atoms with van der Waals surface area (Å²) in [6, 6.07) is 18.2. The lowest BCUT2D eigenvalue weighted by Crippen LogP contribution is -2.30. The molecule has 0 saturated carbocycles. The number of rotatable bonds is 10. The van der Waals surface area contributed by atoms with Crippen LogP contribution in [-0.2, 0) is 24.2 Å². The Bertz CT molecular complexity index is 1260. The van der Waals surface area contributed by atoms with Crippen molar-refractivity contribution in [3.05, 3.63) is 106 Å². The minimum atomic E-state index is -0.290. The van der Waals surface area contributed by atoms with Crippen molar-refractivity contribution in [3.63, 3.8) is 0 Å². The van der Waals surface area contributed by atoms with E-state index in [0.717, 1.165) is 28.8 Å². The SMILES string of the molecule is C=CCc1cc(/C=C2\S[C@@H](Nc3ccc(CC)cc3)NC2=O)cc(OC)c1OCc1ccc(F)cc1. The van der Waals surface area contributed by atoms with Gasteiger partial charge in [-0.3, -0.25) is 4.79 Å². The number of amides is 1. The number of carbonyl (C=O) groups excluding carboxylic acids is 1. The van der Waals surface area contributed by atoms with Crippen LogP contribution in [0.4, 0.5) is 10.1 Å². The first-order valence-electron chi connectivity index (χ1n) is 11.7. The number of halogens is 1. The Morgan fingerprint density at radius 3 is 2.50 bits per heavy atom. The van der Waals surface area contributed by atoms with E-state index in [2.05, 4.69) is 36.3 Å². The number of aryl methyl sites for hydroxylation is 1. The van der Waals surface area contributed by atoms with Gasteiger partial charge in [0.25, 0.3) is 5.91 Å². The zero-order valence-electron chi connectivity index (χ0n) is 20.3. The molecule has 36 heavy (non-hydrogen) atoms. The van der Waals surface area contributed by atoms with Crippen LogP contribution in [-0.4, -0.2) is 18.5 Å². The van der Waals surface area contributed by atoms with Crippen molar-refractivity contribution >= 4 is 29.4 Å². The van der Waals surface area contributed by atoms with Crippen LogP contribution in [0.25, 0.3) is 6.08 Å². The maximum absolute atomic E-state index is 13.2. The van der Waals surface area contributed by atoms with Gasteiger partial charge in [-0.15, -0.1) is 6.58 Å². The second-order valence-electron chi connectivity index (χ2n) is 8.29. The summed E-state index contributed by atoms with van der Waals surface area (Å²) in [5.41, 5.74) is 4.50. The molecule has 3 aromatic carbocycles. The zero-order valence-corrected chi connectivity index (χ0v) is 21.2. The minimum Gasteiger partial charge on any atom is -0.493 e. The Morgan fingerprint density at radius 1 is 1.11 bits per heavy atom. The van der Waals surface area contributed by atoms with Crippen LogP contribution >= 0.6 is 11.8 Å². The van der Waals surface area contributed by atoms with E-state index in [1.165, 1.54) is 29.5 Å². The molecule has 7 heteroatoms. The van der Waals surface area contributed by atoms with E-state index in [-0.39, 0.29) is 23.8 Å². The molecule has 0 aliphatic carbocycles. The number of allylic oxidation sites excluding steroid dienone is 1. The monoisotopic (exact) mass is 504 g/mol. The van der Waals surface area contributed by atoms with Gasteiger partial charge in [-0.05, 0) is 72.0 Å². The lowest BCUT2D eigenvalue weighted by Gasteiger charge is -2.16. The van der Waals surface area contributed by atoms with E-state index in [4.69, 9.17) is 9.47 Å². The Labute approximate surface area is 215 Å². The first-order chi connectivity index (χ1) is 17.5. The summed E-state index contributed by atoms with van der Waals surface area (Å²) in [5, 5.41) is 6.32. The van der Waals surface area contributed by atoms with E-state index in [1.54, 1.807) is 25.3 Å². The maximum Gasteiger partial charge on any atom is 0.260 e. The lowest BCUT2D eigenvalue weighted by atomic mass is 10.0. The van der Waals surface area contributed by atoms with Crippen LogP contribution in [0.3, 0.4) is 0 Å². The Balaban J connectivity index is 1.52. The number of ether oxygens (including phenoxy) is 2. The van der Waals surface area contributed by atoms with Crippen LogP contribution in [0, 0.1) is 5.82 Å². The van der Waals surface area contributed by atoms with Crippen LogP contribution in [0.5, 0.6) is 11.5 Å². The highest BCUT2D eigenvalue weighted by Gasteiger charge is 2.27. The van der Waals surface area contributed by atoms with Crippen molar-refractivity contribution < 1.29 is 18.7 Å². The van der Waals surface area contributed by atoms with Gasteiger partial charge in [0.1, 0.15) is 12.4 Å². The predicted octanol–water partition coefficient (Wildman–Crippen LogP) is 6.30. The largest absolute Gasteiger partial charge is 0.493 e. The van der Waals surface area contributed by atoms with Gasteiger partial charge in [0.2, 0.25) is 0 Å². The molecule has 1 atom stereocenters. The van der Waals surface area contributed by atoms with Crippen LogP contribution in [0.1, 0.15) is 29.2 Å². The first kappa shape index (κ1) is 25.4. The summed E-state index contributed by atoms with van der Waals surface area (Å²) in [5.74, 6) is 0.727. The van der Waals surface area contributed by atoms with Crippen molar-refractivity contribution in [1.82, 2.24) is 5.32 Å². The molecule has 5 nitrogen and oxygen atoms in total. The summed E-state index contributed by atoms with van der Waals surface area (Å²) in [7, 11) is 1.58. The molecular weight excluding hydrogens is 475 g/mol. The van der Waals surface area contributed by atoms with Crippen molar-refractivity contribution in [3.8, 4) is 11.5 Å². The molecule has 0 spiro atoms. The second-order valence-corrected chi connectivity index (χ2v) is 9.44. The number of methoxy groups -OCH3 is 1. The fraction of sp³-hybridized carbons (Fsp3) is 0.207. The molecule has 1 aliphatic rings. The third-order valence-corrected chi connectivity index (χ3v) is 6.75. The first-order valence-corrected chi connectivity index (χ1v) is 12.6. The molecule has 0 bridgehead atoms. The molecule has 0 unspecified atom stereocenters. The number of anilines is 1. The molecule has 4 rings (SSSR count). The number of carbonyl (C=O) groups is 1. The number of nitrogens with one attached hydrogen (secondary N) is 2. The van der Waals surface area contributed by atoms with E-state index < -0.39 is 0 Å². The van der Waals surface area contributed by atoms with Gasteiger partial charge in [0, 0.05) is 11.3 Å². The van der Waals surface area contributed by atoms with Crippen molar-refractivity contribution in [2.45, 2.75) is 31.9 Å². The van der Waals surface area contributed by atoms with Gasteiger partial charge in [-0.1, -0.05) is 49.0 Å². The van der Waals surface area contributed by atoms with Gasteiger partial charge in [0.15, 0.2) is 17.0 Å². The predicted molar refractivity (Wildman–Crippen MR) is 145 cm³/mol. The standard InChI is InChI=1S/C29H29FN2O3S/c1-4-6-22-15-21(16-25(34-3)27(22)35-18-20-7-11-23(30)12-8-20)17-26-28(33)32-29(36-26)31-24-13-9-19(5-2)10-14-24/h4,7-17,29,31H,1,5-6,18H2,2-3H3,(H,32,33)/b26-17-/t29-/m0/s1. The molecule has 1 amide bonds. The van der Waals surface area contributed by atoms with Crippen molar-refractivity contribution in [2.75, 3.05) is 12.4 Å². The number of hydrogen-bond acceptors (Lipinski definition) is 5. The van der Waals surface area contributed by atoms with E-state index in [9.17, 15) is 9.18 Å². The van der Waals surface area contributed by atoms with Gasteiger partial charge < -0.3 is 20.1 Å². The summed E-state index contributed by atoms with van der Waals surface area (Å²) >= 11 is 1.43. The minimum absolute atomic E-state index is 0.136. The third kappa shape index (κ3) is 6.29. The fourth-order valence-corrected chi connectivity index (χ4v) is 4.82. The Hall–Kier alpha value is -3.71. The highest BCUT2D eigenvalue weighted by Crippen LogP contribution is 2.37. The van der Waals surface area contributed by atoms with Gasteiger partial charge in [-0.2, -0.15) is 0 Å². The topological polar surface area (TPSA) is 59.6 Å². The van der Waals surface area contributed by atoms with E-state index >= 15 is 0 Å². The third-order valence-electron chi connectivity index (χ3n) is 5.72. The lowest BCUT2D eigenvalue weighted by molar-refractivity contribution is -0.116. The van der Waals surface area contributed by atoms with Gasteiger partial charge >= 0.3 is 0 Å². The smallest absolute Gasteiger partial charge is 0.260 e. The molecular formula is C29H29FN2O3S. The molecule has 1 heterocycles. The van der Waals surface area contributed by atoms with Crippen LogP contribution in [0.15, 0.2) is 78.2 Å². The molecule has 186 valence electrons. The summed E-state index contributed by atoms with van der Waals surface area (Å²) < 4.78 is 24.9. The molecule has 0 radical (unpaired) electrons. The molecule has 1 saturated heterocycles. The van der Waals surface area contributed by atoms with Crippen LogP contribution in [0.2, 0.25) is 0 Å². The number of thioether (sulfide) groups is 1. The quantitative estimate of drug-likeness (QED) is 0.251. The highest BCUT2D eigenvalue weighted by molar-refractivity contribution is 8.05. The summed E-state index contributed by atoms with van der Waals surface area (Å²) in [6.07, 6.45) is 5.18. The van der Waals surface area contributed by atoms with Crippen molar-refractivity contribution in [2.24, 2.45) is 0 Å². The normalized spacial score (nSPS) is 16.0. The number of hydrogen-bond donors (Lipinski definition) is 2. The average Bonchev–Trinajstić information content (AvgIpc) is 3.22. The molecule has 1 aliphatic heterocycles. The molecule has 1 fully saturated rings. The highest BCUT2D eigenvalue weighted by atomic mass is 32.2. The number of benzene rings is 3. The summed E-state index contributed by atoms with van der Waals surface area (Å²) in [4.78, 5) is 13.3. The molecule has 3 aromatic rings. The molecule has 2 N–H and O–H groups in total. The van der Waals surface area contributed by atoms with Gasteiger partial charge in [0.05, 0.1) is 12.0 Å². The zero-order chi connectivity index (χ0) is 25.5. The van der Waals surface area contributed by atoms with Crippen molar-refractivity contribution in [1.29, 1.82) is 0 Å². The Kier molecular flexibility index (Phi) is 8.33. The average molecular weight is 505 g/mol. The second kappa shape index (κ2) is 11.8. The van der Waals surface area contributed by atoms with E-state index in [0.29, 0.717) is 22.8 Å². The van der Waals surface area contributed by atoms with Crippen LogP contribution < -0.4 is 20.1 Å². The Morgan fingerprint density at radius 2 is 1.83 bits per heavy atom. The van der Waals surface area contributed by atoms with Gasteiger partial charge in [-0.25, -0.2) is 4.39 Å². The fourth-order valence-electron chi connectivity index (χ4n) is 3.83.